The number of hydrogen-bond donors (Lipinski definition) is 1. The molecule has 1 aromatic rings. The summed E-state index contributed by atoms with van der Waals surface area (Å²) in [6.07, 6.45) is 1.93. The second-order valence-corrected chi connectivity index (χ2v) is 3.42. The van der Waals surface area contributed by atoms with Crippen LogP contribution >= 0.6 is 12.2 Å². The Hall–Kier alpha value is -1.09. The van der Waals surface area contributed by atoms with Crippen LogP contribution in [0.15, 0.2) is 18.2 Å². The van der Waals surface area contributed by atoms with Gasteiger partial charge < -0.3 is 10.5 Å². The van der Waals surface area contributed by atoms with Crippen molar-refractivity contribution in [1.29, 1.82) is 0 Å². The maximum absolute atomic E-state index is 5.35. The minimum absolute atomic E-state index is 0.0768. The lowest BCUT2D eigenvalue weighted by molar-refractivity contribution is 0.548. The minimum atomic E-state index is 0.0768. The van der Waals surface area contributed by atoms with Crippen LogP contribution in [0.3, 0.4) is 0 Å². The number of hydrogen-bond acceptors (Lipinski definition) is 2. The van der Waals surface area contributed by atoms with Gasteiger partial charge in [-0.15, -0.1) is 0 Å². The molecule has 0 aromatic heterocycles. The van der Waals surface area contributed by atoms with Gasteiger partial charge in [0.15, 0.2) is 0 Å². The molecule has 0 radical (unpaired) electrons. The molecule has 0 saturated carbocycles. The van der Waals surface area contributed by atoms with Gasteiger partial charge in [-0.1, -0.05) is 26.0 Å². The minimum Gasteiger partial charge on any atom is -0.432 e. The van der Waals surface area contributed by atoms with E-state index in [1.807, 2.05) is 12.1 Å². The molecule has 0 bridgehead atoms. The molecule has 0 saturated heterocycles. The molecular weight excluding hydrogens is 194 g/mol. The molecule has 0 spiro atoms. The topological polar surface area (TPSA) is 35.2 Å². The number of benzene rings is 1. The van der Waals surface area contributed by atoms with Crippen molar-refractivity contribution in [3.8, 4) is 5.75 Å². The van der Waals surface area contributed by atoms with Crippen LogP contribution in [0.5, 0.6) is 5.75 Å². The van der Waals surface area contributed by atoms with Gasteiger partial charge in [0.1, 0.15) is 5.75 Å². The molecule has 1 rings (SSSR count). The number of rotatable bonds is 3. The fourth-order valence-corrected chi connectivity index (χ4v) is 1.64. The zero-order chi connectivity index (χ0) is 10.6. The average molecular weight is 209 g/mol. The highest BCUT2D eigenvalue weighted by Crippen LogP contribution is 2.23. The van der Waals surface area contributed by atoms with Crippen LogP contribution in [0.4, 0.5) is 0 Å². The quantitative estimate of drug-likeness (QED) is 0.777. The third kappa shape index (κ3) is 2.45. The second-order valence-electron chi connectivity index (χ2n) is 3.02. The van der Waals surface area contributed by atoms with Crippen LogP contribution in [0, 0.1) is 0 Å². The largest absolute Gasteiger partial charge is 0.432 e. The fraction of sp³-hybridized carbons (Fsp3) is 0.364. The molecule has 0 atom stereocenters. The van der Waals surface area contributed by atoms with Gasteiger partial charge in [-0.25, -0.2) is 0 Å². The van der Waals surface area contributed by atoms with Gasteiger partial charge in [0.2, 0.25) is 0 Å². The van der Waals surface area contributed by atoms with Crippen molar-refractivity contribution in [2.45, 2.75) is 26.7 Å². The van der Waals surface area contributed by atoms with Gasteiger partial charge >= 0.3 is 0 Å². The van der Waals surface area contributed by atoms with Gasteiger partial charge in [-0.2, -0.15) is 0 Å². The fourth-order valence-electron chi connectivity index (χ4n) is 1.55. The molecule has 0 aliphatic carbocycles. The zero-order valence-corrected chi connectivity index (χ0v) is 9.36. The SMILES string of the molecule is CCc1cccc(OC(N)=S)c1CC. The molecule has 0 amide bonds. The molecule has 76 valence electrons. The Morgan fingerprint density at radius 2 is 2.07 bits per heavy atom. The van der Waals surface area contributed by atoms with Crippen LogP contribution in [0.2, 0.25) is 0 Å². The zero-order valence-electron chi connectivity index (χ0n) is 8.54. The normalized spacial score (nSPS) is 9.86. The first-order valence-corrected chi connectivity index (χ1v) is 5.17. The predicted octanol–water partition coefficient (Wildman–Crippen LogP) is 2.43. The molecule has 14 heavy (non-hydrogen) atoms. The first kappa shape index (κ1) is 11.0. The Bertz CT molecular complexity index is 336. The Morgan fingerprint density at radius 3 is 2.57 bits per heavy atom. The van der Waals surface area contributed by atoms with E-state index in [-0.39, 0.29) is 5.17 Å². The smallest absolute Gasteiger partial charge is 0.259 e. The van der Waals surface area contributed by atoms with Crippen LogP contribution in [-0.4, -0.2) is 5.17 Å². The Balaban J connectivity index is 3.08. The summed E-state index contributed by atoms with van der Waals surface area (Å²) in [6, 6.07) is 5.97. The van der Waals surface area contributed by atoms with Crippen molar-refractivity contribution in [1.82, 2.24) is 0 Å². The van der Waals surface area contributed by atoms with E-state index in [4.69, 9.17) is 22.7 Å². The number of thiocarbonyl (C=S) groups is 1. The van der Waals surface area contributed by atoms with E-state index >= 15 is 0 Å². The van der Waals surface area contributed by atoms with Gasteiger partial charge in [0.05, 0.1) is 0 Å². The maximum atomic E-state index is 5.35. The van der Waals surface area contributed by atoms with Crippen LogP contribution in [0.25, 0.3) is 0 Å². The first-order chi connectivity index (χ1) is 6.69. The summed E-state index contributed by atoms with van der Waals surface area (Å²) < 4.78 is 5.29. The summed E-state index contributed by atoms with van der Waals surface area (Å²) in [6.45, 7) is 4.22. The summed E-state index contributed by atoms with van der Waals surface area (Å²) in [5, 5.41) is 0.0768. The summed E-state index contributed by atoms with van der Waals surface area (Å²) in [4.78, 5) is 0. The van der Waals surface area contributed by atoms with E-state index in [0.717, 1.165) is 18.6 Å². The van der Waals surface area contributed by atoms with E-state index in [2.05, 4.69) is 19.9 Å². The van der Waals surface area contributed by atoms with Gasteiger partial charge in [-0.3, -0.25) is 0 Å². The summed E-state index contributed by atoms with van der Waals surface area (Å²) >= 11 is 4.72. The number of aryl methyl sites for hydroxylation is 1. The monoisotopic (exact) mass is 209 g/mol. The van der Waals surface area contributed by atoms with Gasteiger partial charge in [-0.05, 0) is 42.3 Å². The van der Waals surface area contributed by atoms with E-state index in [1.165, 1.54) is 11.1 Å². The molecule has 0 fully saturated rings. The summed E-state index contributed by atoms with van der Waals surface area (Å²) in [7, 11) is 0. The molecule has 1 aromatic carbocycles. The van der Waals surface area contributed by atoms with Crippen LogP contribution < -0.4 is 10.5 Å². The Kier molecular flexibility index (Phi) is 3.89. The van der Waals surface area contributed by atoms with Crippen LogP contribution in [-0.2, 0) is 12.8 Å². The first-order valence-electron chi connectivity index (χ1n) is 4.77. The molecule has 0 unspecified atom stereocenters. The van der Waals surface area contributed by atoms with E-state index < -0.39 is 0 Å². The van der Waals surface area contributed by atoms with E-state index in [1.54, 1.807) is 0 Å². The highest BCUT2D eigenvalue weighted by Gasteiger charge is 2.06. The molecule has 2 nitrogen and oxygen atoms in total. The summed E-state index contributed by atoms with van der Waals surface area (Å²) in [5.41, 5.74) is 7.84. The van der Waals surface area contributed by atoms with Crippen LogP contribution in [0.1, 0.15) is 25.0 Å². The number of ether oxygens (including phenoxy) is 1. The molecule has 3 heteroatoms. The van der Waals surface area contributed by atoms with Gasteiger partial charge in [0, 0.05) is 0 Å². The Labute approximate surface area is 90.1 Å². The molecule has 0 heterocycles. The predicted molar refractivity (Wildman–Crippen MR) is 62.6 cm³/mol. The highest BCUT2D eigenvalue weighted by atomic mass is 32.1. The van der Waals surface area contributed by atoms with Crippen molar-refractivity contribution in [3.05, 3.63) is 29.3 Å². The lowest BCUT2D eigenvalue weighted by Gasteiger charge is -2.11. The standard InChI is InChI=1S/C11H15NOS/c1-3-8-6-5-7-10(9(8)4-2)13-11(12)14/h5-7H,3-4H2,1-2H3,(H2,12,14). The third-order valence-electron chi connectivity index (χ3n) is 2.18. The maximum Gasteiger partial charge on any atom is 0.259 e. The average Bonchev–Trinajstić information content (AvgIpc) is 2.16. The van der Waals surface area contributed by atoms with Crippen molar-refractivity contribution in [2.75, 3.05) is 0 Å². The second kappa shape index (κ2) is 4.96. The summed E-state index contributed by atoms with van der Waals surface area (Å²) in [5.74, 6) is 0.791. The lowest BCUT2D eigenvalue weighted by Crippen LogP contribution is -2.17. The molecule has 0 aliphatic rings. The van der Waals surface area contributed by atoms with E-state index in [0.29, 0.717) is 0 Å². The molecule has 2 N–H and O–H groups in total. The lowest BCUT2D eigenvalue weighted by atomic mass is 10.0. The van der Waals surface area contributed by atoms with Crippen molar-refractivity contribution in [2.24, 2.45) is 5.73 Å². The van der Waals surface area contributed by atoms with Gasteiger partial charge in [0.25, 0.3) is 5.17 Å². The molecule has 0 aliphatic heterocycles. The van der Waals surface area contributed by atoms with Crippen molar-refractivity contribution >= 4 is 17.4 Å². The van der Waals surface area contributed by atoms with Crippen molar-refractivity contribution in [3.63, 3.8) is 0 Å². The molecular formula is C11H15NOS. The number of nitrogens with two attached hydrogens (primary N) is 1. The third-order valence-corrected chi connectivity index (χ3v) is 2.26. The van der Waals surface area contributed by atoms with E-state index in [9.17, 15) is 0 Å². The highest BCUT2D eigenvalue weighted by molar-refractivity contribution is 7.80. The van der Waals surface area contributed by atoms with Crippen molar-refractivity contribution < 1.29 is 4.74 Å². The Morgan fingerprint density at radius 1 is 1.36 bits per heavy atom.